The molecule has 84 valence electrons. The van der Waals surface area contributed by atoms with E-state index in [0.29, 0.717) is 0 Å². The molecular formula is C16H15N. The van der Waals surface area contributed by atoms with E-state index in [1.54, 1.807) is 0 Å². The molecule has 0 aliphatic rings. The SMILES string of the molecule is Cc1cccc(C#Cc2cccc(N)c2)c1C. The molecular weight excluding hydrogens is 206 g/mol. The Hall–Kier alpha value is -2.20. The predicted octanol–water partition coefficient (Wildman–Crippen LogP) is 3.29. The third kappa shape index (κ3) is 2.68. The maximum atomic E-state index is 5.71. The normalized spacial score (nSPS) is 9.53. The van der Waals surface area contributed by atoms with Crippen molar-refractivity contribution in [2.24, 2.45) is 0 Å². The highest BCUT2D eigenvalue weighted by Gasteiger charge is 1.96. The van der Waals surface area contributed by atoms with Crippen LogP contribution in [0.5, 0.6) is 0 Å². The molecule has 0 bridgehead atoms. The van der Waals surface area contributed by atoms with Gasteiger partial charge < -0.3 is 5.73 Å². The first kappa shape index (κ1) is 11.3. The summed E-state index contributed by atoms with van der Waals surface area (Å²) in [4.78, 5) is 0. The highest BCUT2D eigenvalue weighted by Crippen LogP contribution is 2.12. The zero-order valence-corrected chi connectivity index (χ0v) is 10.1. The lowest BCUT2D eigenvalue weighted by atomic mass is 10.0. The number of benzene rings is 2. The lowest BCUT2D eigenvalue weighted by Gasteiger charge is -2.01. The van der Waals surface area contributed by atoms with Gasteiger partial charge in [0, 0.05) is 16.8 Å². The molecule has 0 aliphatic heterocycles. The smallest absolute Gasteiger partial charge is 0.0326 e. The van der Waals surface area contributed by atoms with Crippen molar-refractivity contribution >= 4 is 5.69 Å². The molecule has 0 atom stereocenters. The molecule has 0 saturated heterocycles. The summed E-state index contributed by atoms with van der Waals surface area (Å²) in [6.07, 6.45) is 0. The van der Waals surface area contributed by atoms with Crippen molar-refractivity contribution in [1.82, 2.24) is 0 Å². The van der Waals surface area contributed by atoms with Gasteiger partial charge in [-0.3, -0.25) is 0 Å². The first-order valence-electron chi connectivity index (χ1n) is 5.60. The Morgan fingerprint density at radius 3 is 2.47 bits per heavy atom. The van der Waals surface area contributed by atoms with Gasteiger partial charge in [0.15, 0.2) is 0 Å². The maximum absolute atomic E-state index is 5.71. The Labute approximate surface area is 102 Å². The summed E-state index contributed by atoms with van der Waals surface area (Å²) in [5, 5.41) is 0. The molecule has 0 amide bonds. The maximum Gasteiger partial charge on any atom is 0.0326 e. The Bertz CT molecular complexity index is 600. The lowest BCUT2D eigenvalue weighted by molar-refractivity contribution is 1.32. The van der Waals surface area contributed by atoms with E-state index in [1.807, 2.05) is 36.4 Å². The van der Waals surface area contributed by atoms with Crippen LogP contribution in [0.1, 0.15) is 22.3 Å². The average molecular weight is 221 g/mol. The van der Waals surface area contributed by atoms with E-state index in [9.17, 15) is 0 Å². The number of aryl methyl sites for hydroxylation is 1. The second-order valence-corrected chi connectivity index (χ2v) is 4.12. The van der Waals surface area contributed by atoms with Gasteiger partial charge >= 0.3 is 0 Å². The topological polar surface area (TPSA) is 26.0 Å². The van der Waals surface area contributed by atoms with Gasteiger partial charge in [0.05, 0.1) is 0 Å². The zero-order valence-electron chi connectivity index (χ0n) is 10.1. The van der Waals surface area contributed by atoms with Crippen molar-refractivity contribution in [3.63, 3.8) is 0 Å². The number of nitrogens with two attached hydrogens (primary N) is 1. The molecule has 2 aromatic carbocycles. The molecule has 0 heterocycles. The number of nitrogen functional groups attached to an aromatic ring is 1. The van der Waals surface area contributed by atoms with Crippen LogP contribution >= 0.6 is 0 Å². The quantitative estimate of drug-likeness (QED) is 0.536. The first-order valence-corrected chi connectivity index (χ1v) is 5.60. The van der Waals surface area contributed by atoms with E-state index in [-0.39, 0.29) is 0 Å². The van der Waals surface area contributed by atoms with Crippen LogP contribution in [-0.4, -0.2) is 0 Å². The lowest BCUT2D eigenvalue weighted by Crippen LogP contribution is -1.87. The molecule has 0 spiro atoms. The first-order chi connectivity index (χ1) is 8.16. The minimum atomic E-state index is 0.748. The summed E-state index contributed by atoms with van der Waals surface area (Å²) < 4.78 is 0. The van der Waals surface area contributed by atoms with Gasteiger partial charge in [0.2, 0.25) is 0 Å². The number of anilines is 1. The van der Waals surface area contributed by atoms with Crippen LogP contribution in [0, 0.1) is 25.7 Å². The second-order valence-electron chi connectivity index (χ2n) is 4.12. The molecule has 2 N–H and O–H groups in total. The van der Waals surface area contributed by atoms with Gasteiger partial charge in [-0.05, 0) is 49.2 Å². The molecule has 0 radical (unpaired) electrons. The summed E-state index contributed by atoms with van der Waals surface area (Å²) in [5.41, 5.74) is 11.0. The van der Waals surface area contributed by atoms with Crippen molar-refractivity contribution < 1.29 is 0 Å². The third-order valence-corrected chi connectivity index (χ3v) is 2.83. The van der Waals surface area contributed by atoms with Crippen LogP contribution in [0.3, 0.4) is 0 Å². The van der Waals surface area contributed by atoms with Crippen LogP contribution in [0.25, 0.3) is 0 Å². The van der Waals surface area contributed by atoms with E-state index < -0.39 is 0 Å². The van der Waals surface area contributed by atoms with E-state index in [0.717, 1.165) is 16.8 Å². The largest absolute Gasteiger partial charge is 0.399 e. The van der Waals surface area contributed by atoms with Crippen LogP contribution in [0.2, 0.25) is 0 Å². The summed E-state index contributed by atoms with van der Waals surface area (Å²) in [7, 11) is 0. The van der Waals surface area contributed by atoms with Crippen molar-refractivity contribution in [2.45, 2.75) is 13.8 Å². The molecule has 0 unspecified atom stereocenters. The molecule has 0 saturated carbocycles. The van der Waals surface area contributed by atoms with Gasteiger partial charge in [0.25, 0.3) is 0 Å². The summed E-state index contributed by atoms with van der Waals surface area (Å²) in [5.74, 6) is 6.33. The molecule has 2 rings (SSSR count). The van der Waals surface area contributed by atoms with E-state index in [2.05, 4.69) is 31.8 Å². The fourth-order valence-electron chi connectivity index (χ4n) is 1.64. The Balaban J connectivity index is 2.36. The van der Waals surface area contributed by atoms with Gasteiger partial charge in [-0.15, -0.1) is 0 Å². The predicted molar refractivity (Wildman–Crippen MR) is 72.8 cm³/mol. The standard InChI is InChI=1S/C16H15N/c1-12-5-3-7-15(13(12)2)10-9-14-6-4-8-16(17)11-14/h3-8,11H,17H2,1-2H3. The molecule has 0 aliphatic carbocycles. The van der Waals surface area contributed by atoms with Gasteiger partial charge in [0.1, 0.15) is 0 Å². The van der Waals surface area contributed by atoms with Crippen molar-refractivity contribution in [2.75, 3.05) is 5.73 Å². The van der Waals surface area contributed by atoms with E-state index >= 15 is 0 Å². The molecule has 1 heteroatoms. The van der Waals surface area contributed by atoms with E-state index in [1.165, 1.54) is 11.1 Å². The Morgan fingerprint density at radius 1 is 0.941 bits per heavy atom. The second kappa shape index (κ2) is 4.76. The van der Waals surface area contributed by atoms with Gasteiger partial charge in [-0.2, -0.15) is 0 Å². The number of hydrogen-bond donors (Lipinski definition) is 1. The monoisotopic (exact) mass is 221 g/mol. The molecule has 17 heavy (non-hydrogen) atoms. The molecule has 0 aromatic heterocycles. The van der Waals surface area contributed by atoms with Crippen LogP contribution < -0.4 is 5.73 Å². The molecule has 1 nitrogen and oxygen atoms in total. The number of rotatable bonds is 0. The van der Waals surface area contributed by atoms with E-state index in [4.69, 9.17) is 5.73 Å². The number of hydrogen-bond acceptors (Lipinski definition) is 1. The van der Waals surface area contributed by atoms with Crippen LogP contribution in [0.4, 0.5) is 5.69 Å². The summed E-state index contributed by atoms with van der Waals surface area (Å²) in [6.45, 7) is 4.19. The average Bonchev–Trinajstić information content (AvgIpc) is 2.31. The molecule has 0 fully saturated rings. The van der Waals surface area contributed by atoms with Gasteiger partial charge in [-0.1, -0.05) is 30.0 Å². The minimum absolute atomic E-state index is 0.748. The summed E-state index contributed by atoms with van der Waals surface area (Å²) in [6, 6.07) is 13.8. The van der Waals surface area contributed by atoms with Crippen LogP contribution in [0.15, 0.2) is 42.5 Å². The fraction of sp³-hybridized carbons (Fsp3) is 0.125. The Morgan fingerprint density at radius 2 is 1.71 bits per heavy atom. The third-order valence-electron chi connectivity index (χ3n) is 2.83. The molecule has 2 aromatic rings. The Kier molecular flexibility index (Phi) is 3.16. The van der Waals surface area contributed by atoms with Crippen LogP contribution in [-0.2, 0) is 0 Å². The highest BCUT2D eigenvalue weighted by molar-refractivity contribution is 5.51. The zero-order chi connectivity index (χ0) is 12.3. The summed E-state index contributed by atoms with van der Waals surface area (Å²) >= 11 is 0. The minimum Gasteiger partial charge on any atom is -0.399 e. The van der Waals surface area contributed by atoms with Crippen molar-refractivity contribution in [3.8, 4) is 11.8 Å². The van der Waals surface area contributed by atoms with Crippen molar-refractivity contribution in [1.29, 1.82) is 0 Å². The highest BCUT2D eigenvalue weighted by atomic mass is 14.5. The van der Waals surface area contributed by atoms with Gasteiger partial charge in [-0.25, -0.2) is 0 Å². The fourth-order valence-corrected chi connectivity index (χ4v) is 1.64. The van der Waals surface area contributed by atoms with Crippen molar-refractivity contribution in [3.05, 3.63) is 64.7 Å².